The van der Waals surface area contributed by atoms with Gasteiger partial charge in [-0.1, -0.05) is 18.2 Å². The fraction of sp³-hybridized carbons (Fsp3) is 0.300. The van der Waals surface area contributed by atoms with E-state index in [1.54, 1.807) is 18.5 Å². The van der Waals surface area contributed by atoms with E-state index in [0.29, 0.717) is 16.8 Å². The number of aromatic nitrogens is 2. The Balaban J connectivity index is 2.12. The van der Waals surface area contributed by atoms with Gasteiger partial charge < -0.3 is 9.84 Å². The third kappa shape index (κ3) is 3.59. The Morgan fingerprint density at radius 3 is 2.50 bits per heavy atom. The van der Waals surface area contributed by atoms with Gasteiger partial charge in [0, 0.05) is 5.39 Å². The van der Waals surface area contributed by atoms with Crippen LogP contribution in [-0.4, -0.2) is 20.5 Å². The third-order valence-electron chi connectivity index (χ3n) is 4.07. The first kappa shape index (κ1) is 18.4. The average Bonchev–Trinajstić information content (AvgIpc) is 2.86. The molecule has 134 valence electrons. The highest BCUT2D eigenvalue weighted by atomic mass is 79.9. The Morgan fingerprint density at radius 2 is 1.92 bits per heavy atom. The van der Waals surface area contributed by atoms with E-state index in [-0.39, 0.29) is 6.54 Å². The molecule has 6 heteroatoms. The van der Waals surface area contributed by atoms with Crippen molar-refractivity contribution in [1.82, 2.24) is 9.78 Å². The largest absolute Gasteiger partial charge is 0.456 e. The van der Waals surface area contributed by atoms with Gasteiger partial charge in [-0.05, 0) is 66.9 Å². The van der Waals surface area contributed by atoms with Crippen LogP contribution in [0.5, 0.6) is 11.5 Å². The van der Waals surface area contributed by atoms with Gasteiger partial charge in [0.25, 0.3) is 0 Å². The summed E-state index contributed by atoms with van der Waals surface area (Å²) < 4.78 is 8.56. The molecule has 0 unspecified atom stereocenters. The van der Waals surface area contributed by atoms with E-state index in [4.69, 9.17) is 4.74 Å². The predicted molar refractivity (Wildman–Crippen MR) is 104 cm³/mol. The molecule has 0 radical (unpaired) electrons. The monoisotopic (exact) mass is 413 g/mol. The molecule has 5 nitrogen and oxygen atoms in total. The van der Waals surface area contributed by atoms with Gasteiger partial charge in [0.15, 0.2) is 5.69 Å². The van der Waals surface area contributed by atoms with E-state index in [1.807, 2.05) is 44.2 Å². The maximum atomic E-state index is 10.1. The van der Waals surface area contributed by atoms with E-state index in [9.17, 15) is 10.4 Å². The molecule has 0 aliphatic rings. The van der Waals surface area contributed by atoms with Crippen molar-refractivity contribution in [2.75, 3.05) is 0 Å². The molecule has 3 aromatic rings. The normalized spacial score (nSPS) is 11.6. The molecule has 0 amide bonds. The minimum atomic E-state index is -0.939. The maximum absolute atomic E-state index is 10.1. The van der Waals surface area contributed by atoms with Crippen molar-refractivity contribution in [3.05, 3.63) is 51.6 Å². The summed E-state index contributed by atoms with van der Waals surface area (Å²) >= 11 is 3.56. The Bertz CT molecular complexity index is 1010. The number of ether oxygens (including phenoxy) is 1. The summed E-state index contributed by atoms with van der Waals surface area (Å²) in [5, 5.41) is 24.6. The van der Waals surface area contributed by atoms with E-state index < -0.39 is 5.60 Å². The van der Waals surface area contributed by atoms with Crippen molar-refractivity contribution in [2.45, 2.75) is 39.8 Å². The van der Waals surface area contributed by atoms with Crippen LogP contribution < -0.4 is 4.74 Å². The molecule has 1 aromatic heterocycles. The zero-order valence-electron chi connectivity index (χ0n) is 15.2. The second-order valence-corrected chi connectivity index (χ2v) is 7.91. The highest BCUT2D eigenvalue weighted by Crippen LogP contribution is 2.37. The summed E-state index contributed by atoms with van der Waals surface area (Å²) in [6.07, 6.45) is 0. The fourth-order valence-electron chi connectivity index (χ4n) is 2.89. The SMILES string of the molecule is Cc1cccc(C)c1Oc1cc2c(C#N)nn(CC(C)(C)O)c2cc1Br. The molecule has 0 spiro atoms. The van der Waals surface area contributed by atoms with Gasteiger partial charge in [0.2, 0.25) is 0 Å². The molecule has 0 atom stereocenters. The zero-order valence-corrected chi connectivity index (χ0v) is 16.8. The molecule has 3 rings (SSSR count). The summed E-state index contributed by atoms with van der Waals surface area (Å²) in [5.74, 6) is 1.42. The van der Waals surface area contributed by atoms with Crippen molar-refractivity contribution >= 4 is 26.8 Å². The molecule has 0 saturated carbocycles. The number of para-hydroxylation sites is 1. The second-order valence-electron chi connectivity index (χ2n) is 7.05. The maximum Gasteiger partial charge on any atom is 0.170 e. The average molecular weight is 414 g/mol. The molecular formula is C20H20BrN3O2. The van der Waals surface area contributed by atoms with Gasteiger partial charge in [-0.3, -0.25) is 4.68 Å². The molecule has 0 fully saturated rings. The van der Waals surface area contributed by atoms with Gasteiger partial charge >= 0.3 is 0 Å². The van der Waals surface area contributed by atoms with Crippen molar-refractivity contribution < 1.29 is 9.84 Å². The van der Waals surface area contributed by atoms with Crippen LogP contribution in [0.2, 0.25) is 0 Å². The number of aryl methyl sites for hydroxylation is 2. The van der Waals surface area contributed by atoms with E-state index >= 15 is 0 Å². The number of rotatable bonds is 4. The molecule has 0 aliphatic heterocycles. The first-order valence-corrected chi connectivity index (χ1v) is 9.05. The molecule has 0 saturated heterocycles. The highest BCUT2D eigenvalue weighted by molar-refractivity contribution is 9.10. The van der Waals surface area contributed by atoms with E-state index in [1.165, 1.54) is 0 Å². The lowest BCUT2D eigenvalue weighted by molar-refractivity contribution is 0.0591. The van der Waals surface area contributed by atoms with Gasteiger partial charge in [-0.25, -0.2) is 0 Å². The lowest BCUT2D eigenvalue weighted by Crippen LogP contribution is -2.26. The van der Waals surface area contributed by atoms with Crippen molar-refractivity contribution in [1.29, 1.82) is 5.26 Å². The summed E-state index contributed by atoms with van der Waals surface area (Å²) in [4.78, 5) is 0. The number of halogens is 1. The number of nitriles is 1. The molecule has 0 bridgehead atoms. The number of benzene rings is 2. The van der Waals surface area contributed by atoms with E-state index in [2.05, 4.69) is 27.1 Å². The standard InChI is InChI=1S/C20H20BrN3O2/c1-12-6-5-7-13(2)19(12)26-18-8-14-16(10-22)23-24(11-20(3,4)25)17(14)9-15(18)21/h5-9,25H,11H2,1-4H3. The van der Waals surface area contributed by atoms with Gasteiger partial charge in [0.1, 0.15) is 17.6 Å². The zero-order chi connectivity index (χ0) is 19.1. The lowest BCUT2D eigenvalue weighted by Gasteiger charge is -2.17. The Hall–Kier alpha value is -2.36. The van der Waals surface area contributed by atoms with Crippen molar-refractivity contribution in [3.63, 3.8) is 0 Å². The van der Waals surface area contributed by atoms with Crippen LogP contribution in [0.1, 0.15) is 30.7 Å². The minimum absolute atomic E-state index is 0.286. The van der Waals surface area contributed by atoms with Crippen LogP contribution in [0.15, 0.2) is 34.8 Å². The summed E-state index contributed by atoms with van der Waals surface area (Å²) in [6, 6.07) is 11.8. The Morgan fingerprint density at radius 1 is 1.27 bits per heavy atom. The van der Waals surface area contributed by atoms with Gasteiger partial charge in [-0.15, -0.1) is 0 Å². The second kappa shape index (κ2) is 6.75. The first-order chi connectivity index (χ1) is 12.2. The summed E-state index contributed by atoms with van der Waals surface area (Å²) in [6.45, 7) is 7.70. The summed E-state index contributed by atoms with van der Waals surface area (Å²) in [5.41, 5.74) is 2.21. The number of fused-ring (bicyclic) bond motifs is 1. The molecule has 1 N–H and O–H groups in total. The smallest absolute Gasteiger partial charge is 0.170 e. The van der Waals surface area contributed by atoms with E-state index in [0.717, 1.165) is 26.9 Å². The first-order valence-electron chi connectivity index (χ1n) is 8.26. The Labute approximate surface area is 160 Å². The Kier molecular flexibility index (Phi) is 4.78. The van der Waals surface area contributed by atoms with Crippen LogP contribution in [0.4, 0.5) is 0 Å². The van der Waals surface area contributed by atoms with Crippen LogP contribution in [0.3, 0.4) is 0 Å². The fourth-order valence-corrected chi connectivity index (χ4v) is 3.30. The predicted octanol–water partition coefficient (Wildman–Crippen LogP) is 4.85. The van der Waals surface area contributed by atoms with Crippen LogP contribution in [0.25, 0.3) is 10.9 Å². The molecule has 0 aliphatic carbocycles. The number of hydrogen-bond acceptors (Lipinski definition) is 4. The quantitative estimate of drug-likeness (QED) is 0.663. The van der Waals surface area contributed by atoms with Crippen molar-refractivity contribution in [3.8, 4) is 17.6 Å². The van der Waals surface area contributed by atoms with Crippen LogP contribution >= 0.6 is 15.9 Å². The lowest BCUT2D eigenvalue weighted by atomic mass is 10.1. The summed E-state index contributed by atoms with van der Waals surface area (Å²) in [7, 11) is 0. The number of hydrogen-bond donors (Lipinski definition) is 1. The van der Waals surface area contributed by atoms with Crippen LogP contribution in [-0.2, 0) is 6.54 Å². The number of nitrogens with zero attached hydrogens (tertiary/aromatic N) is 3. The molecule has 1 heterocycles. The minimum Gasteiger partial charge on any atom is -0.456 e. The third-order valence-corrected chi connectivity index (χ3v) is 4.69. The highest BCUT2D eigenvalue weighted by Gasteiger charge is 2.20. The molecule has 26 heavy (non-hydrogen) atoms. The number of aliphatic hydroxyl groups is 1. The molecular weight excluding hydrogens is 394 g/mol. The van der Waals surface area contributed by atoms with Gasteiger partial charge in [0.05, 0.1) is 22.1 Å². The molecule has 2 aromatic carbocycles. The van der Waals surface area contributed by atoms with Crippen LogP contribution in [0, 0.1) is 25.2 Å². The van der Waals surface area contributed by atoms with Crippen molar-refractivity contribution in [2.24, 2.45) is 0 Å². The topological polar surface area (TPSA) is 71.1 Å². The van der Waals surface area contributed by atoms with Gasteiger partial charge in [-0.2, -0.15) is 10.4 Å².